The number of hydrogen-bond acceptors (Lipinski definition) is 1. The number of aryl methyl sites for hydroxylation is 1. The fraction of sp³-hybridized carbons (Fsp3) is 0.300. The monoisotopic (exact) mass is 223 g/mol. The van der Waals surface area contributed by atoms with E-state index in [2.05, 4.69) is 28.1 Å². The summed E-state index contributed by atoms with van der Waals surface area (Å²) in [5.74, 6) is 0. The summed E-state index contributed by atoms with van der Waals surface area (Å²) in [7, 11) is 0. The first kappa shape index (κ1) is 9.28. The van der Waals surface area contributed by atoms with E-state index in [0.717, 1.165) is 23.7 Å². The molecule has 2 heteroatoms. The van der Waals surface area contributed by atoms with Gasteiger partial charge in [-0.05, 0) is 30.5 Å². The Morgan fingerprint density at radius 2 is 2.25 bits per heavy atom. The van der Waals surface area contributed by atoms with Crippen molar-refractivity contribution >= 4 is 15.9 Å². The predicted octanol–water partition coefficient (Wildman–Crippen LogP) is 2.89. The molecular formula is C10H10BrN. The van der Waals surface area contributed by atoms with E-state index in [1.807, 2.05) is 18.2 Å². The Balaban J connectivity index is 2.68. The van der Waals surface area contributed by atoms with Crippen molar-refractivity contribution in [1.29, 1.82) is 5.26 Å². The van der Waals surface area contributed by atoms with Gasteiger partial charge in [-0.2, -0.15) is 5.26 Å². The summed E-state index contributed by atoms with van der Waals surface area (Å²) in [6.07, 6.45) is 2.16. The zero-order chi connectivity index (χ0) is 8.81. The minimum absolute atomic E-state index is 0.752. The molecule has 0 saturated carbocycles. The second-order valence-electron chi connectivity index (χ2n) is 2.60. The van der Waals surface area contributed by atoms with Crippen molar-refractivity contribution in [2.75, 3.05) is 5.33 Å². The molecule has 0 spiro atoms. The van der Waals surface area contributed by atoms with Crippen molar-refractivity contribution in [2.45, 2.75) is 12.8 Å². The molecule has 0 aromatic heterocycles. The van der Waals surface area contributed by atoms with E-state index in [-0.39, 0.29) is 0 Å². The molecule has 0 N–H and O–H groups in total. The third-order valence-electron chi connectivity index (χ3n) is 1.66. The Morgan fingerprint density at radius 1 is 1.42 bits per heavy atom. The molecule has 0 aliphatic heterocycles. The van der Waals surface area contributed by atoms with Gasteiger partial charge in [-0.3, -0.25) is 0 Å². The lowest BCUT2D eigenvalue weighted by atomic mass is 10.1. The number of nitriles is 1. The molecule has 1 nitrogen and oxygen atoms in total. The number of rotatable bonds is 3. The normalized spacial score (nSPS) is 9.33. The van der Waals surface area contributed by atoms with Crippen LogP contribution in [0.1, 0.15) is 17.5 Å². The first-order chi connectivity index (χ1) is 5.86. The van der Waals surface area contributed by atoms with Crippen molar-refractivity contribution in [1.82, 2.24) is 0 Å². The fourth-order valence-electron chi connectivity index (χ4n) is 1.07. The highest BCUT2D eigenvalue weighted by Crippen LogP contribution is 2.07. The van der Waals surface area contributed by atoms with Crippen LogP contribution in [-0.4, -0.2) is 5.33 Å². The molecule has 0 atom stereocenters. The molecule has 0 saturated heterocycles. The van der Waals surface area contributed by atoms with Gasteiger partial charge in [0, 0.05) is 5.33 Å². The third kappa shape index (κ3) is 2.67. The van der Waals surface area contributed by atoms with Crippen LogP contribution in [0.5, 0.6) is 0 Å². The van der Waals surface area contributed by atoms with Gasteiger partial charge in [0.25, 0.3) is 0 Å². The smallest absolute Gasteiger partial charge is 0.0991 e. The van der Waals surface area contributed by atoms with E-state index >= 15 is 0 Å². The Hall–Kier alpha value is -0.810. The molecule has 62 valence electrons. The minimum Gasteiger partial charge on any atom is -0.192 e. The molecular weight excluding hydrogens is 214 g/mol. The maximum Gasteiger partial charge on any atom is 0.0991 e. The SMILES string of the molecule is N#Cc1cccc(CCCBr)c1. The largest absolute Gasteiger partial charge is 0.192 e. The highest BCUT2D eigenvalue weighted by atomic mass is 79.9. The first-order valence-electron chi connectivity index (χ1n) is 3.92. The highest BCUT2D eigenvalue weighted by molar-refractivity contribution is 9.09. The average Bonchev–Trinajstić information content (AvgIpc) is 2.15. The second-order valence-corrected chi connectivity index (χ2v) is 3.40. The molecule has 0 fully saturated rings. The van der Waals surface area contributed by atoms with Gasteiger partial charge in [0.2, 0.25) is 0 Å². The maximum absolute atomic E-state index is 8.63. The molecule has 1 rings (SSSR count). The molecule has 0 aliphatic rings. The minimum atomic E-state index is 0.752. The van der Waals surface area contributed by atoms with Gasteiger partial charge < -0.3 is 0 Å². The molecule has 0 heterocycles. The van der Waals surface area contributed by atoms with E-state index in [9.17, 15) is 0 Å². The lowest BCUT2D eigenvalue weighted by molar-refractivity contribution is 0.939. The van der Waals surface area contributed by atoms with Gasteiger partial charge in [-0.15, -0.1) is 0 Å². The number of halogens is 1. The van der Waals surface area contributed by atoms with Crippen LogP contribution in [0.25, 0.3) is 0 Å². The Bertz CT molecular complexity index is 288. The van der Waals surface area contributed by atoms with Crippen LogP contribution in [0, 0.1) is 11.3 Å². The van der Waals surface area contributed by atoms with Gasteiger partial charge in [0.15, 0.2) is 0 Å². The summed E-state index contributed by atoms with van der Waals surface area (Å²) < 4.78 is 0. The summed E-state index contributed by atoms with van der Waals surface area (Å²) >= 11 is 3.38. The summed E-state index contributed by atoms with van der Waals surface area (Å²) in [4.78, 5) is 0. The zero-order valence-corrected chi connectivity index (χ0v) is 8.34. The molecule has 1 aromatic rings. The van der Waals surface area contributed by atoms with Crippen LogP contribution in [-0.2, 0) is 6.42 Å². The molecule has 0 aliphatic carbocycles. The predicted molar refractivity (Wildman–Crippen MR) is 53.3 cm³/mol. The topological polar surface area (TPSA) is 23.8 Å². The fourth-order valence-corrected chi connectivity index (χ4v) is 1.35. The van der Waals surface area contributed by atoms with E-state index in [1.54, 1.807) is 0 Å². The average molecular weight is 224 g/mol. The van der Waals surface area contributed by atoms with Gasteiger partial charge in [-0.1, -0.05) is 28.1 Å². The van der Waals surface area contributed by atoms with Crippen LogP contribution in [0.4, 0.5) is 0 Å². The molecule has 0 unspecified atom stereocenters. The Kier molecular flexibility index (Phi) is 3.83. The maximum atomic E-state index is 8.63. The molecule has 12 heavy (non-hydrogen) atoms. The number of hydrogen-bond donors (Lipinski definition) is 0. The highest BCUT2D eigenvalue weighted by Gasteiger charge is 1.93. The molecule has 0 radical (unpaired) electrons. The zero-order valence-electron chi connectivity index (χ0n) is 6.76. The van der Waals surface area contributed by atoms with Gasteiger partial charge in [0.1, 0.15) is 0 Å². The molecule has 1 aromatic carbocycles. The van der Waals surface area contributed by atoms with Gasteiger partial charge >= 0.3 is 0 Å². The van der Waals surface area contributed by atoms with Crippen molar-refractivity contribution in [3.05, 3.63) is 35.4 Å². The van der Waals surface area contributed by atoms with Crippen LogP contribution >= 0.6 is 15.9 Å². The second kappa shape index (κ2) is 4.95. The number of nitrogens with zero attached hydrogens (tertiary/aromatic N) is 1. The lowest BCUT2D eigenvalue weighted by Gasteiger charge is -1.98. The van der Waals surface area contributed by atoms with Crippen molar-refractivity contribution in [3.8, 4) is 6.07 Å². The third-order valence-corrected chi connectivity index (χ3v) is 2.22. The standard InChI is InChI=1S/C10H10BrN/c11-6-2-5-9-3-1-4-10(7-9)8-12/h1,3-4,7H,2,5-6H2. The summed E-state index contributed by atoms with van der Waals surface area (Å²) in [6, 6.07) is 9.90. The van der Waals surface area contributed by atoms with Crippen molar-refractivity contribution < 1.29 is 0 Å². The van der Waals surface area contributed by atoms with E-state index in [0.29, 0.717) is 0 Å². The number of benzene rings is 1. The van der Waals surface area contributed by atoms with Crippen LogP contribution < -0.4 is 0 Å². The Morgan fingerprint density at radius 3 is 2.92 bits per heavy atom. The molecule has 0 bridgehead atoms. The molecule has 0 amide bonds. The quantitative estimate of drug-likeness (QED) is 0.724. The van der Waals surface area contributed by atoms with Gasteiger partial charge in [-0.25, -0.2) is 0 Å². The van der Waals surface area contributed by atoms with Gasteiger partial charge in [0.05, 0.1) is 11.6 Å². The lowest BCUT2D eigenvalue weighted by Crippen LogP contribution is -1.86. The van der Waals surface area contributed by atoms with Crippen LogP contribution in [0.3, 0.4) is 0 Å². The van der Waals surface area contributed by atoms with Crippen LogP contribution in [0.15, 0.2) is 24.3 Å². The van der Waals surface area contributed by atoms with E-state index in [1.165, 1.54) is 5.56 Å². The van der Waals surface area contributed by atoms with Crippen molar-refractivity contribution in [3.63, 3.8) is 0 Å². The Labute approximate surface area is 81.2 Å². The summed E-state index contributed by atoms with van der Waals surface area (Å²) in [5.41, 5.74) is 2.00. The van der Waals surface area contributed by atoms with E-state index < -0.39 is 0 Å². The first-order valence-corrected chi connectivity index (χ1v) is 5.04. The number of alkyl halides is 1. The van der Waals surface area contributed by atoms with Crippen molar-refractivity contribution in [2.24, 2.45) is 0 Å². The summed E-state index contributed by atoms with van der Waals surface area (Å²) in [6.45, 7) is 0. The summed E-state index contributed by atoms with van der Waals surface area (Å²) in [5, 5.41) is 9.65. The van der Waals surface area contributed by atoms with E-state index in [4.69, 9.17) is 5.26 Å². The van der Waals surface area contributed by atoms with Crippen LogP contribution in [0.2, 0.25) is 0 Å².